The van der Waals surface area contributed by atoms with Crippen LogP contribution >= 0.6 is 0 Å². The van der Waals surface area contributed by atoms with Crippen LogP contribution in [0.15, 0.2) is 169 Å². The molecule has 1 nitrogen and oxygen atoms in total. The van der Waals surface area contributed by atoms with Gasteiger partial charge in [0.15, 0.2) is 0 Å². The molecule has 5 aliphatic carbocycles. The number of hydrogen-bond donors (Lipinski definition) is 0. The summed E-state index contributed by atoms with van der Waals surface area (Å²) in [5.74, 6) is 2.25. The van der Waals surface area contributed by atoms with E-state index in [0.29, 0.717) is 23.7 Å². The summed E-state index contributed by atoms with van der Waals surface area (Å²) < 4.78 is 2.52. The lowest BCUT2D eigenvalue weighted by molar-refractivity contribution is 0.419. The van der Waals surface area contributed by atoms with Gasteiger partial charge in [0.25, 0.3) is 0 Å². The SMILES string of the molecule is C1=CCC(C2CCc3cc(-c4ccc5cc(-c6ccc7c(c6)CCCC7)n(-c6ccc7ccccc7c6)c5c4)ccc3C=C2C2=CC3C=CC=CC3CC2)C=C1. The molecule has 1 aromatic heterocycles. The van der Waals surface area contributed by atoms with Crippen LogP contribution in [0, 0.1) is 23.7 Å². The average Bonchev–Trinajstić information content (AvgIpc) is 3.54. The molecule has 0 saturated heterocycles. The van der Waals surface area contributed by atoms with Crippen molar-refractivity contribution in [1.82, 2.24) is 4.57 Å². The van der Waals surface area contributed by atoms with E-state index in [1.807, 2.05) is 0 Å². The first kappa shape index (κ1) is 33.7. The number of aryl methyl sites for hydroxylation is 3. The first-order valence-corrected chi connectivity index (χ1v) is 21.2. The van der Waals surface area contributed by atoms with Crippen molar-refractivity contribution in [3.05, 3.63) is 191 Å². The maximum atomic E-state index is 2.62. The Morgan fingerprint density at radius 1 is 0.536 bits per heavy atom. The standard InChI is InChI=1S/C55H49N/c1-2-13-40(14-3-1)52-29-27-45-30-44(20-21-46(45)34-53(52)48-23-18-37-10-4-7-15-41(37)31-48)47-22-25-50-36-55(49-24-19-38-11-5-8-16-42(38)32-49)56(54(50)35-47)51-28-26-39-12-6-9-17-43(39)33-51/h1-4,6-7,9-10,12-13,15,17,19-22,24-26,28,30-37,40-41,52H,5,8,11,14,16,18,23,27,29H2. The maximum absolute atomic E-state index is 2.62. The van der Waals surface area contributed by atoms with Crippen LogP contribution in [0.5, 0.6) is 0 Å². The summed E-state index contributed by atoms with van der Waals surface area (Å²) in [6.45, 7) is 0. The fourth-order valence-electron chi connectivity index (χ4n) is 10.7. The minimum absolute atomic E-state index is 0.522. The molecule has 274 valence electrons. The van der Waals surface area contributed by atoms with Crippen molar-refractivity contribution < 1.29 is 0 Å². The number of benzene rings is 5. The van der Waals surface area contributed by atoms with Crippen LogP contribution in [0.3, 0.4) is 0 Å². The second-order valence-corrected chi connectivity index (χ2v) is 17.0. The Morgan fingerprint density at radius 3 is 2.25 bits per heavy atom. The van der Waals surface area contributed by atoms with E-state index in [9.17, 15) is 0 Å². The van der Waals surface area contributed by atoms with Gasteiger partial charge in [-0.05, 0) is 167 Å². The summed E-state index contributed by atoms with van der Waals surface area (Å²) >= 11 is 0. The van der Waals surface area contributed by atoms with Crippen LogP contribution in [0.1, 0.15) is 60.8 Å². The van der Waals surface area contributed by atoms with Crippen molar-refractivity contribution in [2.45, 2.75) is 57.8 Å². The van der Waals surface area contributed by atoms with Gasteiger partial charge in [-0.1, -0.05) is 134 Å². The van der Waals surface area contributed by atoms with E-state index in [0.717, 1.165) is 12.8 Å². The van der Waals surface area contributed by atoms with Crippen LogP contribution in [0.2, 0.25) is 0 Å². The number of nitrogens with zero attached hydrogens (tertiary/aromatic N) is 1. The normalized spacial score (nSPS) is 22.6. The molecule has 1 heteroatoms. The van der Waals surface area contributed by atoms with Gasteiger partial charge in [0.05, 0.1) is 11.2 Å². The van der Waals surface area contributed by atoms with E-state index >= 15 is 0 Å². The topological polar surface area (TPSA) is 4.93 Å². The molecule has 0 saturated carbocycles. The molecule has 56 heavy (non-hydrogen) atoms. The summed E-state index contributed by atoms with van der Waals surface area (Å²) in [6, 6.07) is 39.8. The third kappa shape index (κ3) is 6.09. The number of rotatable bonds is 5. The average molecular weight is 724 g/mol. The third-order valence-electron chi connectivity index (χ3n) is 13.7. The van der Waals surface area contributed by atoms with Crippen molar-refractivity contribution in [2.24, 2.45) is 23.7 Å². The largest absolute Gasteiger partial charge is 0.309 e. The van der Waals surface area contributed by atoms with Gasteiger partial charge in [-0.25, -0.2) is 0 Å². The Morgan fingerprint density at radius 2 is 1.32 bits per heavy atom. The van der Waals surface area contributed by atoms with Crippen molar-refractivity contribution in [1.29, 1.82) is 0 Å². The van der Waals surface area contributed by atoms with Gasteiger partial charge in [-0.15, -0.1) is 0 Å². The quantitative estimate of drug-likeness (QED) is 0.167. The minimum atomic E-state index is 0.522. The molecule has 5 aromatic carbocycles. The van der Waals surface area contributed by atoms with Crippen molar-refractivity contribution in [3.63, 3.8) is 0 Å². The molecule has 0 radical (unpaired) electrons. The summed E-state index contributed by atoms with van der Waals surface area (Å²) in [5, 5.41) is 3.82. The number of fused-ring (bicyclic) bond motifs is 5. The van der Waals surface area contributed by atoms with Gasteiger partial charge in [0.1, 0.15) is 0 Å². The molecule has 11 rings (SSSR count). The Hall–Kier alpha value is -5.66. The molecule has 0 fully saturated rings. The number of aromatic nitrogens is 1. The van der Waals surface area contributed by atoms with Crippen LogP contribution in [-0.4, -0.2) is 4.57 Å². The zero-order valence-corrected chi connectivity index (χ0v) is 32.2. The smallest absolute Gasteiger partial charge is 0.0541 e. The van der Waals surface area contributed by atoms with E-state index in [4.69, 9.17) is 0 Å². The molecule has 4 atom stereocenters. The van der Waals surface area contributed by atoms with Crippen LogP contribution in [-0.2, 0) is 19.3 Å². The van der Waals surface area contributed by atoms with E-state index in [1.165, 1.54) is 117 Å². The van der Waals surface area contributed by atoms with Crippen molar-refractivity contribution in [2.75, 3.05) is 0 Å². The predicted octanol–water partition coefficient (Wildman–Crippen LogP) is 14.2. The fourth-order valence-corrected chi connectivity index (χ4v) is 10.7. The highest BCUT2D eigenvalue weighted by atomic mass is 15.0. The molecule has 0 spiro atoms. The number of allylic oxidation sites excluding steroid dienone is 11. The fraction of sp³-hybridized carbons (Fsp3) is 0.236. The van der Waals surface area contributed by atoms with Crippen LogP contribution < -0.4 is 0 Å². The first-order valence-electron chi connectivity index (χ1n) is 21.2. The molecule has 0 bridgehead atoms. The minimum Gasteiger partial charge on any atom is -0.309 e. The highest BCUT2D eigenvalue weighted by Gasteiger charge is 2.31. The van der Waals surface area contributed by atoms with E-state index in [2.05, 4.69) is 168 Å². The molecular formula is C55H49N. The van der Waals surface area contributed by atoms with Gasteiger partial charge in [0, 0.05) is 17.0 Å². The Kier molecular flexibility index (Phi) is 8.49. The second-order valence-electron chi connectivity index (χ2n) is 17.0. The molecule has 4 unspecified atom stereocenters. The second kappa shape index (κ2) is 14.1. The first-order chi connectivity index (χ1) is 27.7. The Balaban J connectivity index is 1.01. The lowest BCUT2D eigenvalue weighted by atomic mass is 9.71. The van der Waals surface area contributed by atoms with Crippen molar-refractivity contribution >= 4 is 27.8 Å². The van der Waals surface area contributed by atoms with Crippen LogP contribution in [0.4, 0.5) is 0 Å². The number of hydrogen-bond acceptors (Lipinski definition) is 0. The lowest BCUT2D eigenvalue weighted by Crippen LogP contribution is -2.21. The zero-order chi connectivity index (χ0) is 37.0. The van der Waals surface area contributed by atoms with Gasteiger partial charge in [-0.3, -0.25) is 0 Å². The summed E-state index contributed by atoms with van der Waals surface area (Å²) in [7, 11) is 0. The summed E-state index contributed by atoms with van der Waals surface area (Å²) in [6.07, 6.45) is 34.7. The third-order valence-corrected chi connectivity index (χ3v) is 13.7. The molecule has 0 N–H and O–H groups in total. The lowest BCUT2D eigenvalue weighted by Gasteiger charge is -2.33. The zero-order valence-electron chi connectivity index (χ0n) is 32.2. The summed E-state index contributed by atoms with van der Waals surface area (Å²) in [4.78, 5) is 0. The molecule has 0 amide bonds. The highest BCUT2D eigenvalue weighted by Crippen LogP contribution is 2.45. The van der Waals surface area contributed by atoms with Gasteiger partial charge >= 0.3 is 0 Å². The van der Waals surface area contributed by atoms with Gasteiger partial charge < -0.3 is 4.57 Å². The Labute approximate surface area is 331 Å². The molecule has 6 aromatic rings. The van der Waals surface area contributed by atoms with E-state index in [1.54, 1.807) is 11.1 Å². The van der Waals surface area contributed by atoms with Crippen molar-refractivity contribution in [3.8, 4) is 28.1 Å². The molecule has 5 aliphatic rings. The van der Waals surface area contributed by atoms with E-state index in [-0.39, 0.29) is 0 Å². The predicted molar refractivity (Wildman–Crippen MR) is 237 cm³/mol. The van der Waals surface area contributed by atoms with E-state index < -0.39 is 0 Å². The molecule has 0 aliphatic heterocycles. The van der Waals surface area contributed by atoms with Gasteiger partial charge in [-0.2, -0.15) is 0 Å². The highest BCUT2D eigenvalue weighted by molar-refractivity contribution is 5.94. The molecule has 1 heterocycles. The summed E-state index contributed by atoms with van der Waals surface area (Å²) in [5.41, 5.74) is 16.7. The van der Waals surface area contributed by atoms with Gasteiger partial charge in [0.2, 0.25) is 0 Å². The monoisotopic (exact) mass is 723 g/mol. The maximum Gasteiger partial charge on any atom is 0.0541 e. The molecular weight excluding hydrogens is 675 g/mol. The van der Waals surface area contributed by atoms with Crippen LogP contribution in [0.25, 0.3) is 55.8 Å². The Bertz CT molecular complexity index is 2700.